The summed E-state index contributed by atoms with van der Waals surface area (Å²) in [7, 11) is 3.14. The smallest absolute Gasteiger partial charge is 0.255 e. The van der Waals surface area contributed by atoms with Crippen molar-refractivity contribution in [3.05, 3.63) is 58.7 Å². The molecular weight excluding hydrogens is 352 g/mol. The number of ether oxygens (including phenoxy) is 2. The number of amides is 1. The van der Waals surface area contributed by atoms with Gasteiger partial charge in [-0.1, -0.05) is 24.3 Å². The van der Waals surface area contributed by atoms with Crippen molar-refractivity contribution >= 4 is 5.91 Å². The highest BCUT2D eigenvalue weighted by molar-refractivity contribution is 5.98. The lowest BCUT2D eigenvalue weighted by molar-refractivity contribution is 0.0948. The van der Waals surface area contributed by atoms with E-state index in [0.29, 0.717) is 23.6 Å². The number of hydrogen-bond acceptors (Lipinski definition) is 4. The maximum atomic E-state index is 12.6. The third kappa shape index (κ3) is 4.84. The molecule has 0 aromatic heterocycles. The topological polar surface area (TPSA) is 50.8 Å². The number of carbonyl (C=O) groups excluding carboxylic acids is 1. The predicted molar refractivity (Wildman–Crippen MR) is 111 cm³/mol. The van der Waals surface area contributed by atoms with E-state index >= 15 is 0 Å². The average Bonchev–Trinajstić information content (AvgIpc) is 2.72. The zero-order valence-corrected chi connectivity index (χ0v) is 17.1. The molecule has 1 N–H and O–H groups in total. The lowest BCUT2D eigenvalue weighted by Gasteiger charge is -2.28. The summed E-state index contributed by atoms with van der Waals surface area (Å²) in [5.74, 6) is 0.946. The van der Waals surface area contributed by atoms with Crippen LogP contribution >= 0.6 is 0 Å². The van der Waals surface area contributed by atoms with Crippen LogP contribution in [0.4, 0.5) is 0 Å². The number of nitrogens with zero attached hydrogens (tertiary/aromatic N) is 1. The molecule has 5 heteroatoms. The number of aryl methyl sites for hydroxylation is 1. The third-order valence-electron chi connectivity index (χ3n) is 5.26. The first-order chi connectivity index (χ1) is 13.6. The number of rotatable bonds is 8. The van der Waals surface area contributed by atoms with E-state index in [-0.39, 0.29) is 5.91 Å². The van der Waals surface area contributed by atoms with Crippen molar-refractivity contribution in [3.8, 4) is 11.5 Å². The molecule has 0 fully saturated rings. The van der Waals surface area contributed by atoms with Crippen molar-refractivity contribution in [1.29, 1.82) is 0 Å². The molecule has 3 rings (SSSR count). The molecule has 1 aliphatic heterocycles. The largest absolute Gasteiger partial charge is 0.493 e. The van der Waals surface area contributed by atoms with E-state index < -0.39 is 0 Å². The fourth-order valence-electron chi connectivity index (χ4n) is 3.77. The highest BCUT2D eigenvalue weighted by atomic mass is 16.5. The van der Waals surface area contributed by atoms with E-state index in [2.05, 4.69) is 34.5 Å². The van der Waals surface area contributed by atoms with Crippen LogP contribution in [0, 0.1) is 6.92 Å². The first-order valence-corrected chi connectivity index (χ1v) is 9.92. The zero-order chi connectivity index (χ0) is 19.9. The molecule has 2 aromatic rings. The van der Waals surface area contributed by atoms with Gasteiger partial charge in [0.2, 0.25) is 0 Å². The van der Waals surface area contributed by atoms with Gasteiger partial charge < -0.3 is 14.8 Å². The van der Waals surface area contributed by atoms with E-state index in [9.17, 15) is 4.79 Å². The normalized spacial score (nSPS) is 13.7. The van der Waals surface area contributed by atoms with E-state index in [1.807, 2.05) is 19.1 Å². The summed E-state index contributed by atoms with van der Waals surface area (Å²) < 4.78 is 10.7. The summed E-state index contributed by atoms with van der Waals surface area (Å²) in [6.45, 7) is 5.80. The Hall–Kier alpha value is -2.53. The lowest BCUT2D eigenvalue weighted by atomic mass is 10.00. The Balaban J connectivity index is 1.45. The number of carbonyl (C=O) groups is 1. The number of fused-ring (bicyclic) bond motifs is 1. The van der Waals surface area contributed by atoms with Crippen LogP contribution in [-0.2, 0) is 13.0 Å². The van der Waals surface area contributed by atoms with Crippen molar-refractivity contribution < 1.29 is 14.3 Å². The van der Waals surface area contributed by atoms with Gasteiger partial charge in [0.1, 0.15) is 0 Å². The van der Waals surface area contributed by atoms with Gasteiger partial charge in [0.25, 0.3) is 5.91 Å². The van der Waals surface area contributed by atoms with Gasteiger partial charge in [-0.2, -0.15) is 0 Å². The van der Waals surface area contributed by atoms with Gasteiger partial charge in [0.15, 0.2) is 11.5 Å². The van der Waals surface area contributed by atoms with Crippen molar-refractivity contribution in [3.63, 3.8) is 0 Å². The molecule has 0 radical (unpaired) electrons. The zero-order valence-electron chi connectivity index (χ0n) is 17.1. The molecular formula is C23H30N2O3. The van der Waals surface area contributed by atoms with Gasteiger partial charge in [0.05, 0.1) is 19.8 Å². The van der Waals surface area contributed by atoms with Crippen LogP contribution in [0.15, 0.2) is 36.4 Å². The highest BCUT2D eigenvalue weighted by Crippen LogP contribution is 2.32. The Morgan fingerprint density at radius 1 is 1.11 bits per heavy atom. The minimum Gasteiger partial charge on any atom is -0.493 e. The van der Waals surface area contributed by atoms with Gasteiger partial charge in [-0.05, 0) is 61.6 Å². The van der Waals surface area contributed by atoms with Gasteiger partial charge in [-0.3, -0.25) is 9.69 Å². The summed E-state index contributed by atoms with van der Waals surface area (Å²) in [5, 5.41) is 3.01. The minimum atomic E-state index is -0.120. The molecule has 0 aliphatic carbocycles. The monoisotopic (exact) mass is 382 g/mol. The molecule has 2 aromatic carbocycles. The fourth-order valence-corrected chi connectivity index (χ4v) is 3.77. The van der Waals surface area contributed by atoms with Gasteiger partial charge in [-0.15, -0.1) is 0 Å². The number of unbranched alkanes of at least 4 members (excludes halogenated alkanes) is 1. The van der Waals surface area contributed by atoms with E-state index in [0.717, 1.165) is 44.5 Å². The van der Waals surface area contributed by atoms with Gasteiger partial charge in [0, 0.05) is 19.6 Å². The fraction of sp³-hybridized carbons (Fsp3) is 0.435. The van der Waals surface area contributed by atoms with Crippen molar-refractivity contribution in [1.82, 2.24) is 10.2 Å². The van der Waals surface area contributed by atoms with Crippen LogP contribution in [-0.4, -0.2) is 44.7 Å². The standard InChI is InChI=1S/C23H30N2O3/c1-17-14-20(22(28-3)21(15-17)27-2)23(26)24-11-6-7-12-25-13-10-18-8-4-5-9-19(18)16-25/h4-5,8-9,14-15H,6-7,10-13,16H2,1-3H3,(H,24,26). The summed E-state index contributed by atoms with van der Waals surface area (Å²) >= 11 is 0. The second-order valence-electron chi connectivity index (χ2n) is 7.31. The maximum absolute atomic E-state index is 12.6. The second kappa shape index (κ2) is 9.60. The van der Waals surface area contributed by atoms with E-state index in [1.54, 1.807) is 14.2 Å². The lowest BCUT2D eigenvalue weighted by Crippen LogP contribution is -2.32. The molecule has 28 heavy (non-hydrogen) atoms. The number of nitrogens with one attached hydrogen (secondary N) is 1. The molecule has 0 bridgehead atoms. The molecule has 0 unspecified atom stereocenters. The van der Waals surface area contributed by atoms with Gasteiger partial charge >= 0.3 is 0 Å². The molecule has 1 heterocycles. The summed E-state index contributed by atoms with van der Waals surface area (Å²) in [4.78, 5) is 15.1. The quantitative estimate of drug-likeness (QED) is 0.709. The maximum Gasteiger partial charge on any atom is 0.255 e. The van der Waals surface area contributed by atoms with Crippen LogP contribution in [0.5, 0.6) is 11.5 Å². The number of methoxy groups -OCH3 is 2. The molecule has 0 saturated heterocycles. The second-order valence-corrected chi connectivity index (χ2v) is 7.31. The number of hydrogen-bond donors (Lipinski definition) is 1. The third-order valence-corrected chi connectivity index (χ3v) is 5.26. The summed E-state index contributed by atoms with van der Waals surface area (Å²) in [5.41, 5.74) is 4.41. The first kappa shape index (κ1) is 20.2. The molecule has 0 saturated carbocycles. The van der Waals surface area contributed by atoms with Crippen molar-refractivity contribution in [2.45, 2.75) is 32.7 Å². The van der Waals surface area contributed by atoms with Crippen LogP contribution < -0.4 is 14.8 Å². The van der Waals surface area contributed by atoms with E-state index in [1.165, 1.54) is 11.1 Å². The SMILES string of the molecule is COc1cc(C)cc(C(=O)NCCCCN2CCc3ccccc3C2)c1OC. The summed E-state index contributed by atoms with van der Waals surface area (Å²) in [6, 6.07) is 12.4. The number of benzene rings is 2. The van der Waals surface area contributed by atoms with Crippen molar-refractivity contribution in [2.24, 2.45) is 0 Å². The molecule has 0 spiro atoms. The molecule has 0 atom stereocenters. The first-order valence-electron chi connectivity index (χ1n) is 9.92. The van der Waals surface area contributed by atoms with Gasteiger partial charge in [-0.25, -0.2) is 0 Å². The Bertz CT molecular complexity index is 819. The molecule has 1 amide bonds. The van der Waals surface area contributed by atoms with Crippen LogP contribution in [0.1, 0.15) is 39.9 Å². The van der Waals surface area contributed by atoms with Crippen LogP contribution in [0.3, 0.4) is 0 Å². The molecule has 1 aliphatic rings. The average molecular weight is 383 g/mol. The Labute approximate surface area is 167 Å². The predicted octanol–water partition coefficient (Wildman–Crippen LogP) is 3.58. The minimum absolute atomic E-state index is 0.120. The Kier molecular flexibility index (Phi) is 6.93. The van der Waals surface area contributed by atoms with Crippen LogP contribution in [0.2, 0.25) is 0 Å². The highest BCUT2D eigenvalue weighted by Gasteiger charge is 2.18. The Morgan fingerprint density at radius 3 is 2.64 bits per heavy atom. The summed E-state index contributed by atoms with van der Waals surface area (Å²) in [6.07, 6.45) is 3.15. The Morgan fingerprint density at radius 2 is 1.89 bits per heavy atom. The van der Waals surface area contributed by atoms with Crippen LogP contribution in [0.25, 0.3) is 0 Å². The molecule has 150 valence electrons. The van der Waals surface area contributed by atoms with Crippen molar-refractivity contribution in [2.75, 3.05) is 33.9 Å². The van der Waals surface area contributed by atoms with E-state index in [4.69, 9.17) is 9.47 Å². The molecule has 5 nitrogen and oxygen atoms in total.